The molecule has 3 aliphatic heterocycles. The van der Waals surface area contributed by atoms with Gasteiger partial charge in [-0.3, -0.25) is 0 Å². The van der Waals surface area contributed by atoms with E-state index in [1.807, 2.05) is 72.8 Å². The molecule has 0 radical (unpaired) electrons. The van der Waals surface area contributed by atoms with Crippen LogP contribution in [0.15, 0.2) is 112 Å². The fourth-order valence-electron chi connectivity index (χ4n) is 6.96. The Labute approximate surface area is 269 Å². The number of benzene rings is 3. The number of para-hydroxylation sites is 1. The molecule has 3 aromatic carbocycles. The topological polar surface area (TPSA) is 131 Å². The second kappa shape index (κ2) is 12.0. The molecule has 0 spiro atoms. The molecular formula is C35H34N4O8. The Hall–Kier alpha value is -4.91. The van der Waals surface area contributed by atoms with Crippen LogP contribution in [0.2, 0.25) is 0 Å². The molecular weight excluding hydrogens is 604 g/mol. The molecule has 1 saturated carbocycles. The third-order valence-corrected chi connectivity index (χ3v) is 9.34. The number of fused-ring (bicyclic) bond motifs is 4. The number of hydrogen-bond acceptors (Lipinski definition) is 9. The molecule has 4 aromatic rings. The molecule has 242 valence electrons. The number of hydrogen-bond donors (Lipinski definition) is 1. The summed E-state index contributed by atoms with van der Waals surface area (Å²) in [5.41, 5.74) is 1.13. The summed E-state index contributed by atoms with van der Waals surface area (Å²) in [6.07, 6.45) is 1.20. The molecule has 12 heteroatoms. The fourth-order valence-corrected chi connectivity index (χ4v) is 6.96. The molecule has 0 amide bonds. The van der Waals surface area contributed by atoms with Crippen molar-refractivity contribution in [3.63, 3.8) is 0 Å². The van der Waals surface area contributed by atoms with Gasteiger partial charge in [-0.25, -0.2) is 23.5 Å². The van der Waals surface area contributed by atoms with Crippen LogP contribution < -0.4 is 20.9 Å². The van der Waals surface area contributed by atoms with Crippen molar-refractivity contribution in [1.29, 1.82) is 0 Å². The van der Waals surface area contributed by atoms with Crippen LogP contribution in [0.3, 0.4) is 0 Å². The Morgan fingerprint density at radius 2 is 1.62 bits per heavy atom. The predicted molar refractivity (Wildman–Crippen MR) is 170 cm³/mol. The second-order valence-corrected chi connectivity index (χ2v) is 12.1. The van der Waals surface area contributed by atoms with Gasteiger partial charge < -0.3 is 28.9 Å². The summed E-state index contributed by atoms with van der Waals surface area (Å²) in [6.45, 7) is 0.357. The van der Waals surface area contributed by atoms with Crippen LogP contribution in [0.4, 0.5) is 0 Å². The van der Waals surface area contributed by atoms with E-state index in [2.05, 4.69) is 5.16 Å². The first kappa shape index (κ1) is 29.5. The van der Waals surface area contributed by atoms with E-state index in [0.717, 1.165) is 15.9 Å². The van der Waals surface area contributed by atoms with Gasteiger partial charge in [0.1, 0.15) is 54.7 Å². The predicted octanol–water partition coefficient (Wildman–Crippen LogP) is 3.03. The molecule has 4 heterocycles. The molecule has 1 aliphatic carbocycles. The van der Waals surface area contributed by atoms with Gasteiger partial charge in [0.2, 0.25) is 0 Å². The summed E-state index contributed by atoms with van der Waals surface area (Å²) in [7, 11) is 1.61. The lowest BCUT2D eigenvalue weighted by Crippen LogP contribution is -2.53. The van der Waals surface area contributed by atoms with Gasteiger partial charge in [0.25, 0.3) is 0 Å². The van der Waals surface area contributed by atoms with Crippen molar-refractivity contribution in [1.82, 2.24) is 13.9 Å². The van der Waals surface area contributed by atoms with E-state index >= 15 is 0 Å². The highest BCUT2D eigenvalue weighted by Crippen LogP contribution is 2.46. The summed E-state index contributed by atoms with van der Waals surface area (Å²) in [5.74, 6) is 1.01. The van der Waals surface area contributed by atoms with Crippen molar-refractivity contribution in [3.8, 4) is 17.2 Å². The molecule has 8 atom stereocenters. The summed E-state index contributed by atoms with van der Waals surface area (Å²) in [4.78, 5) is 33.1. The van der Waals surface area contributed by atoms with E-state index < -0.39 is 47.9 Å². The molecule has 1 aromatic heterocycles. The largest absolute Gasteiger partial charge is 0.497 e. The van der Waals surface area contributed by atoms with Crippen LogP contribution in [-0.4, -0.2) is 69.0 Å². The van der Waals surface area contributed by atoms with Gasteiger partial charge in [-0.05, 0) is 54.5 Å². The number of oxime groups is 1. The Balaban J connectivity index is 1.05. The third kappa shape index (κ3) is 5.28. The lowest BCUT2D eigenvalue weighted by atomic mass is 9.78. The first-order valence-electron chi connectivity index (χ1n) is 15.7. The van der Waals surface area contributed by atoms with E-state index in [-0.39, 0.29) is 25.2 Å². The van der Waals surface area contributed by atoms with Gasteiger partial charge in [0.15, 0.2) is 0 Å². The third-order valence-electron chi connectivity index (χ3n) is 9.34. The number of aromatic nitrogens is 3. The van der Waals surface area contributed by atoms with E-state index in [1.165, 1.54) is 9.36 Å². The van der Waals surface area contributed by atoms with Crippen LogP contribution in [0.5, 0.6) is 11.5 Å². The SMILES string of the molecule is COc1ccc(O[C@H]2C=C[C@@H](c3ccccc3)O[C@@H]2CON=C2[C@H]3CCn4c(=O)n(-c5ccccc5)c(=O)n4[C@H]3[C@H](O)[C@@H]3O[C@H]23)cc1. The maximum absolute atomic E-state index is 13.7. The van der Waals surface area contributed by atoms with Gasteiger partial charge in [-0.15, -0.1) is 0 Å². The lowest BCUT2D eigenvalue weighted by molar-refractivity contribution is -0.0882. The van der Waals surface area contributed by atoms with Crippen molar-refractivity contribution >= 4 is 5.71 Å². The first-order valence-corrected chi connectivity index (χ1v) is 15.7. The molecule has 8 rings (SSSR count). The Kier molecular flexibility index (Phi) is 7.55. The smallest absolute Gasteiger partial charge is 0.352 e. The van der Waals surface area contributed by atoms with E-state index in [9.17, 15) is 14.7 Å². The molecule has 12 nitrogen and oxygen atoms in total. The zero-order valence-electron chi connectivity index (χ0n) is 25.6. The highest BCUT2D eigenvalue weighted by Gasteiger charge is 2.61. The molecule has 4 aliphatic rings. The van der Waals surface area contributed by atoms with Gasteiger partial charge in [0.05, 0.1) is 24.6 Å². The minimum absolute atomic E-state index is 0.0738. The molecule has 47 heavy (non-hydrogen) atoms. The normalized spacial score (nSPS) is 29.8. The number of aliphatic hydroxyl groups excluding tert-OH is 1. The van der Waals surface area contributed by atoms with Crippen molar-refractivity contribution in [3.05, 3.63) is 124 Å². The van der Waals surface area contributed by atoms with Gasteiger partial charge in [-0.2, -0.15) is 0 Å². The average Bonchev–Trinajstić information content (AvgIpc) is 3.88. The maximum Gasteiger partial charge on any atom is 0.352 e. The highest BCUT2D eigenvalue weighted by atomic mass is 16.7. The lowest BCUT2D eigenvalue weighted by Gasteiger charge is -2.38. The van der Waals surface area contributed by atoms with Crippen LogP contribution >= 0.6 is 0 Å². The van der Waals surface area contributed by atoms with Crippen LogP contribution in [0.25, 0.3) is 5.69 Å². The van der Waals surface area contributed by atoms with Crippen molar-refractivity contribution < 1.29 is 28.9 Å². The van der Waals surface area contributed by atoms with Crippen LogP contribution in [-0.2, 0) is 20.9 Å². The summed E-state index contributed by atoms with van der Waals surface area (Å²) in [6, 6.07) is 25.3. The molecule has 1 saturated heterocycles. The quantitative estimate of drug-likeness (QED) is 0.177. The first-order chi connectivity index (χ1) is 23.0. The molecule has 1 N–H and O–H groups in total. The molecule has 0 unspecified atom stereocenters. The van der Waals surface area contributed by atoms with E-state index in [1.54, 1.807) is 31.4 Å². The van der Waals surface area contributed by atoms with Crippen molar-refractivity contribution in [2.24, 2.45) is 11.1 Å². The minimum atomic E-state index is -0.986. The van der Waals surface area contributed by atoms with Crippen molar-refractivity contribution in [2.75, 3.05) is 13.7 Å². The van der Waals surface area contributed by atoms with E-state index in [4.69, 9.17) is 23.8 Å². The van der Waals surface area contributed by atoms with Crippen molar-refractivity contribution in [2.45, 2.75) is 55.6 Å². The zero-order chi connectivity index (χ0) is 32.1. The van der Waals surface area contributed by atoms with Gasteiger partial charge in [-0.1, -0.05) is 59.8 Å². The second-order valence-electron chi connectivity index (χ2n) is 12.1. The maximum atomic E-state index is 13.7. The Morgan fingerprint density at radius 1 is 0.894 bits per heavy atom. The van der Waals surface area contributed by atoms with Gasteiger partial charge in [0, 0.05) is 12.5 Å². The zero-order valence-corrected chi connectivity index (χ0v) is 25.6. The summed E-state index contributed by atoms with van der Waals surface area (Å²) < 4.78 is 27.8. The monoisotopic (exact) mass is 638 g/mol. The Morgan fingerprint density at radius 3 is 2.36 bits per heavy atom. The van der Waals surface area contributed by atoms with E-state index in [0.29, 0.717) is 23.6 Å². The number of rotatable bonds is 8. The fraction of sp³-hybridized carbons (Fsp3) is 0.343. The number of methoxy groups -OCH3 is 1. The molecule has 0 bridgehead atoms. The number of aliphatic hydroxyl groups is 1. The number of epoxide rings is 1. The van der Waals surface area contributed by atoms with Crippen LogP contribution in [0, 0.1) is 5.92 Å². The number of ether oxygens (including phenoxy) is 4. The summed E-state index contributed by atoms with van der Waals surface area (Å²) >= 11 is 0. The average molecular weight is 639 g/mol. The Bertz CT molecular complexity index is 1920. The standard InChI is InChI=1S/C35H34N4O8/c1-43-23-12-14-24(15-13-23)45-27-17-16-26(21-8-4-2-5-9-21)46-28(27)20-44-36-29-25-18-19-37-34(41)38(22-10-6-3-7-11-22)35(42)39(37)30(25)31(40)33-32(29)47-33/h2-17,25-28,30-33,40H,18-20H2,1H3/t25-,26+,27+,28-,30-,31+,32-,33+/m1/s1. The summed E-state index contributed by atoms with van der Waals surface area (Å²) in [5, 5.41) is 15.9. The highest BCUT2D eigenvalue weighted by molar-refractivity contribution is 5.94. The minimum Gasteiger partial charge on any atom is -0.497 e. The molecule has 2 fully saturated rings. The van der Waals surface area contributed by atoms with Crippen LogP contribution in [0.1, 0.15) is 24.1 Å². The number of nitrogens with zero attached hydrogens (tertiary/aromatic N) is 4. The van der Waals surface area contributed by atoms with Gasteiger partial charge >= 0.3 is 11.4 Å².